The van der Waals surface area contributed by atoms with E-state index in [1.54, 1.807) is 36.1 Å². The van der Waals surface area contributed by atoms with Crippen LogP contribution in [0, 0.1) is 24.4 Å². The molecule has 12 nitrogen and oxygen atoms in total. The molecule has 0 spiro atoms. The Balaban J connectivity index is 1.45. The average molecular weight is 662 g/mol. The summed E-state index contributed by atoms with van der Waals surface area (Å²) in [4.78, 5) is 47.0. The first kappa shape index (κ1) is 31.2. The first-order valence-corrected chi connectivity index (χ1v) is 14.3. The number of allylic oxidation sites excluding steroid dienone is 1. The average Bonchev–Trinajstić information content (AvgIpc) is 3.63. The fourth-order valence-corrected chi connectivity index (χ4v) is 5.06. The van der Waals surface area contributed by atoms with Crippen LogP contribution >= 0.6 is 11.6 Å². The van der Waals surface area contributed by atoms with Crippen LogP contribution in [0.2, 0.25) is 5.02 Å². The van der Waals surface area contributed by atoms with Crippen LogP contribution in [0.3, 0.4) is 0 Å². The summed E-state index contributed by atoms with van der Waals surface area (Å²) < 4.78 is 46.6. The number of fused-ring (bicyclic) bond motifs is 1. The second-order valence-electron chi connectivity index (χ2n) is 10.6. The third-order valence-corrected chi connectivity index (χ3v) is 7.42. The summed E-state index contributed by atoms with van der Waals surface area (Å²) in [6.07, 6.45) is 5.74. The Labute approximate surface area is 267 Å². The minimum atomic E-state index is -1.42. The molecule has 16 heteroatoms. The molecule has 0 aliphatic heterocycles. The standard InChI is InChI=1S/C31H23ClF3N9O3/c1-17-4-3-5-18(8-17)6-7-28(45)44-21(13-36-40-44)16-43-30(46)38-29(37-27-10-20-14-41(2)39-26(20)11-22(27)32)42(31(43)47)15-19-9-24(34)25(35)12-23(19)33/h3-14H,15-16H2,1-2H3,(H,37,38,46)/b7-6+. The van der Waals surface area contributed by atoms with E-state index in [-0.39, 0.29) is 22.0 Å². The van der Waals surface area contributed by atoms with Crippen LogP contribution < -0.4 is 17.0 Å². The molecular formula is C31H23ClF3N9O3. The largest absolute Gasteiger partial charge is 0.335 e. The van der Waals surface area contributed by atoms with Gasteiger partial charge in [0.15, 0.2) is 11.6 Å². The Hall–Kier alpha value is -5.83. The smallest absolute Gasteiger partial charge is 0.277 e. The molecule has 0 radical (unpaired) electrons. The van der Waals surface area contributed by atoms with Gasteiger partial charge >= 0.3 is 11.4 Å². The Morgan fingerprint density at radius 1 is 1.02 bits per heavy atom. The minimum Gasteiger partial charge on any atom is -0.277 e. The van der Waals surface area contributed by atoms with Crippen molar-refractivity contribution in [3.8, 4) is 0 Å². The number of hydrogen-bond acceptors (Lipinski definition) is 7. The Morgan fingerprint density at radius 3 is 2.60 bits per heavy atom. The summed E-state index contributed by atoms with van der Waals surface area (Å²) in [6, 6.07) is 11.5. The number of rotatable bonds is 7. The first-order chi connectivity index (χ1) is 22.5. The van der Waals surface area contributed by atoms with Crippen molar-refractivity contribution in [3.05, 3.63) is 138 Å². The van der Waals surface area contributed by atoms with E-state index in [1.807, 2.05) is 25.1 Å². The second-order valence-corrected chi connectivity index (χ2v) is 11.0. The molecule has 0 saturated heterocycles. The van der Waals surface area contributed by atoms with Gasteiger partial charge in [0.2, 0.25) is 5.62 Å². The zero-order valence-electron chi connectivity index (χ0n) is 24.7. The minimum absolute atomic E-state index is 0.0665. The molecular weight excluding hydrogens is 639 g/mol. The SMILES string of the molecule is Cc1cccc(/C=C/C(=O)n2nncc2Cn2c(=O)[nH]/c(=N\c3cc4cn(C)nc4cc3Cl)n(Cc3cc(F)c(F)cc3F)c2=O)c1. The molecule has 3 aromatic carbocycles. The summed E-state index contributed by atoms with van der Waals surface area (Å²) in [5.41, 5.74) is -0.232. The van der Waals surface area contributed by atoms with Crippen LogP contribution in [0.15, 0.2) is 81.6 Å². The topological polar surface area (TPSA) is 138 Å². The van der Waals surface area contributed by atoms with Gasteiger partial charge in [-0.15, -0.1) is 5.10 Å². The molecule has 0 fully saturated rings. The van der Waals surface area contributed by atoms with Gasteiger partial charge in [-0.3, -0.25) is 19.0 Å². The summed E-state index contributed by atoms with van der Waals surface area (Å²) in [7, 11) is 1.71. The van der Waals surface area contributed by atoms with E-state index in [0.717, 1.165) is 20.4 Å². The van der Waals surface area contributed by atoms with E-state index in [4.69, 9.17) is 11.6 Å². The van der Waals surface area contributed by atoms with Crippen molar-refractivity contribution in [1.82, 2.24) is 38.9 Å². The molecule has 6 aromatic rings. The van der Waals surface area contributed by atoms with Gasteiger partial charge < -0.3 is 0 Å². The maximum Gasteiger partial charge on any atom is 0.335 e. The van der Waals surface area contributed by atoms with Crippen molar-refractivity contribution < 1.29 is 18.0 Å². The Bertz CT molecular complexity index is 2420. The van der Waals surface area contributed by atoms with Crippen molar-refractivity contribution in [1.29, 1.82) is 0 Å². The number of aryl methyl sites for hydroxylation is 2. The van der Waals surface area contributed by atoms with E-state index < -0.39 is 53.4 Å². The van der Waals surface area contributed by atoms with Gasteiger partial charge in [0.05, 0.1) is 41.2 Å². The summed E-state index contributed by atoms with van der Waals surface area (Å²) in [5.74, 6) is -4.50. The summed E-state index contributed by atoms with van der Waals surface area (Å²) >= 11 is 6.43. The van der Waals surface area contributed by atoms with E-state index in [9.17, 15) is 27.6 Å². The molecule has 0 aliphatic rings. The van der Waals surface area contributed by atoms with Gasteiger partial charge in [0.1, 0.15) is 5.82 Å². The van der Waals surface area contributed by atoms with Gasteiger partial charge in [0, 0.05) is 36.3 Å². The predicted molar refractivity (Wildman–Crippen MR) is 166 cm³/mol. The molecule has 238 valence electrons. The van der Waals surface area contributed by atoms with Gasteiger partial charge in [-0.2, -0.15) is 9.78 Å². The predicted octanol–water partition coefficient (Wildman–Crippen LogP) is 3.88. The molecule has 0 saturated carbocycles. The maximum atomic E-state index is 14.8. The van der Waals surface area contributed by atoms with E-state index in [2.05, 4.69) is 25.4 Å². The van der Waals surface area contributed by atoms with E-state index in [1.165, 1.54) is 18.3 Å². The number of carbonyl (C=O) groups is 1. The van der Waals surface area contributed by atoms with Crippen LogP contribution in [0.4, 0.5) is 18.9 Å². The highest BCUT2D eigenvalue weighted by Crippen LogP contribution is 2.29. The fourth-order valence-electron chi connectivity index (χ4n) is 4.86. The van der Waals surface area contributed by atoms with Crippen molar-refractivity contribution in [2.45, 2.75) is 20.0 Å². The quantitative estimate of drug-likeness (QED) is 0.204. The van der Waals surface area contributed by atoms with Crippen molar-refractivity contribution >= 4 is 40.2 Å². The van der Waals surface area contributed by atoms with Crippen LogP contribution in [0.1, 0.15) is 27.2 Å². The maximum absolute atomic E-state index is 14.8. The van der Waals surface area contributed by atoms with E-state index in [0.29, 0.717) is 27.6 Å². The van der Waals surface area contributed by atoms with Crippen LogP contribution in [0.5, 0.6) is 0 Å². The molecule has 0 atom stereocenters. The molecule has 3 heterocycles. The highest BCUT2D eigenvalue weighted by molar-refractivity contribution is 6.33. The monoisotopic (exact) mass is 661 g/mol. The van der Waals surface area contributed by atoms with Crippen LogP contribution in [-0.2, 0) is 20.1 Å². The lowest BCUT2D eigenvalue weighted by Crippen LogP contribution is -2.50. The normalized spacial score (nSPS) is 12.1. The molecule has 47 heavy (non-hydrogen) atoms. The highest BCUT2D eigenvalue weighted by Gasteiger charge is 2.18. The van der Waals surface area contributed by atoms with Gasteiger partial charge in [0.25, 0.3) is 5.91 Å². The molecule has 0 amide bonds. The van der Waals surface area contributed by atoms with Gasteiger partial charge in [-0.1, -0.05) is 46.6 Å². The van der Waals surface area contributed by atoms with Crippen LogP contribution in [-0.4, -0.2) is 44.8 Å². The lowest BCUT2D eigenvalue weighted by molar-refractivity contribution is 0.0949. The van der Waals surface area contributed by atoms with Crippen molar-refractivity contribution in [2.24, 2.45) is 12.0 Å². The molecule has 0 unspecified atom stereocenters. The third kappa shape index (κ3) is 6.46. The number of nitrogens with zero attached hydrogens (tertiary/aromatic N) is 8. The Kier molecular flexibility index (Phi) is 8.30. The lowest BCUT2D eigenvalue weighted by Gasteiger charge is -2.12. The Morgan fingerprint density at radius 2 is 1.81 bits per heavy atom. The van der Waals surface area contributed by atoms with E-state index >= 15 is 0 Å². The van der Waals surface area contributed by atoms with Crippen molar-refractivity contribution in [3.63, 3.8) is 0 Å². The molecule has 6 rings (SSSR count). The first-order valence-electron chi connectivity index (χ1n) is 13.9. The number of carbonyl (C=O) groups excluding carboxylic acids is 1. The third-order valence-electron chi connectivity index (χ3n) is 7.12. The molecule has 3 aromatic heterocycles. The highest BCUT2D eigenvalue weighted by atomic mass is 35.5. The number of halogens is 4. The number of hydrogen-bond donors (Lipinski definition) is 1. The molecule has 1 N–H and O–H groups in total. The second kappa shape index (κ2) is 12.5. The number of nitrogens with one attached hydrogen (secondary N) is 1. The fraction of sp³-hybridized carbons (Fsp3) is 0.129. The number of aromatic amines is 1. The van der Waals surface area contributed by atoms with Gasteiger partial charge in [-0.05, 0) is 36.8 Å². The zero-order chi connectivity index (χ0) is 33.4. The van der Waals surface area contributed by atoms with Crippen LogP contribution in [0.25, 0.3) is 17.0 Å². The number of aromatic nitrogens is 8. The van der Waals surface area contributed by atoms with Crippen molar-refractivity contribution in [2.75, 3.05) is 0 Å². The summed E-state index contributed by atoms with van der Waals surface area (Å²) in [5, 5.41) is 12.6. The lowest BCUT2D eigenvalue weighted by atomic mass is 10.1. The number of H-pyrrole nitrogens is 1. The van der Waals surface area contributed by atoms with Gasteiger partial charge in [-0.25, -0.2) is 32.3 Å². The summed E-state index contributed by atoms with van der Waals surface area (Å²) in [6.45, 7) is 0.748. The zero-order valence-corrected chi connectivity index (χ0v) is 25.4. The molecule has 0 aliphatic carbocycles. The molecule has 0 bridgehead atoms. The number of benzene rings is 3.